The van der Waals surface area contributed by atoms with E-state index in [1.807, 2.05) is 0 Å². The SMILES string of the molecule is CCCCC/C=C/C/C=C/CCCCCCCCCCCC(=O)OC[C@H](CO[C@H]1O[C@@H](CO[C@H]2O[C@@H](CO)[C@@H](O)C(O)C2O)[C@@H](O)C(O)C1O)OC(=O)CCCCCCCCCCCCCCCCCCCCCC. The molecule has 0 aliphatic carbocycles. The maximum absolute atomic E-state index is 13.1. The lowest BCUT2D eigenvalue weighted by molar-refractivity contribution is -0.332. The Morgan fingerprint density at radius 2 is 0.800 bits per heavy atom. The van der Waals surface area contributed by atoms with Crippen LogP contribution in [0.25, 0.3) is 0 Å². The zero-order chi connectivity index (χ0) is 54.6. The van der Waals surface area contributed by atoms with Gasteiger partial charge in [-0.25, -0.2) is 0 Å². The van der Waals surface area contributed by atoms with Crippen LogP contribution in [-0.2, 0) is 38.0 Å². The number of carbonyl (C=O) groups is 2. The fourth-order valence-corrected chi connectivity index (χ4v) is 9.72. The highest BCUT2D eigenvalue weighted by Crippen LogP contribution is 2.27. The summed E-state index contributed by atoms with van der Waals surface area (Å²) in [5.41, 5.74) is 0. The van der Waals surface area contributed by atoms with Gasteiger partial charge in [-0.3, -0.25) is 9.59 Å². The molecule has 2 aliphatic heterocycles. The molecule has 11 atom stereocenters. The van der Waals surface area contributed by atoms with Gasteiger partial charge in [0, 0.05) is 12.8 Å². The van der Waals surface area contributed by atoms with Crippen molar-refractivity contribution in [2.45, 2.75) is 319 Å². The van der Waals surface area contributed by atoms with Crippen LogP contribution in [0, 0.1) is 0 Å². The normalized spacial score (nSPS) is 24.6. The molecule has 2 aliphatic rings. The molecule has 75 heavy (non-hydrogen) atoms. The van der Waals surface area contributed by atoms with Crippen LogP contribution < -0.4 is 0 Å². The van der Waals surface area contributed by atoms with Gasteiger partial charge in [-0.15, -0.1) is 0 Å². The summed E-state index contributed by atoms with van der Waals surface area (Å²) in [5.74, 6) is -0.915. The lowest BCUT2D eigenvalue weighted by Gasteiger charge is -2.42. The molecule has 0 aromatic heterocycles. The van der Waals surface area contributed by atoms with E-state index in [0.29, 0.717) is 12.8 Å². The summed E-state index contributed by atoms with van der Waals surface area (Å²) in [7, 11) is 0. The second kappa shape index (κ2) is 46.9. The minimum Gasteiger partial charge on any atom is -0.462 e. The van der Waals surface area contributed by atoms with Crippen molar-refractivity contribution in [2.75, 3.05) is 26.4 Å². The maximum Gasteiger partial charge on any atom is 0.306 e. The van der Waals surface area contributed by atoms with Crippen LogP contribution >= 0.6 is 0 Å². The van der Waals surface area contributed by atoms with E-state index in [-0.39, 0.29) is 26.1 Å². The highest BCUT2D eigenvalue weighted by molar-refractivity contribution is 5.70. The fourth-order valence-electron chi connectivity index (χ4n) is 9.72. The van der Waals surface area contributed by atoms with Gasteiger partial charge in [0.1, 0.15) is 55.4 Å². The molecular weight excluding hydrogens is 961 g/mol. The predicted molar refractivity (Wildman–Crippen MR) is 294 cm³/mol. The van der Waals surface area contributed by atoms with E-state index >= 15 is 0 Å². The number of allylic oxidation sites excluding steroid dienone is 4. The van der Waals surface area contributed by atoms with Crippen molar-refractivity contribution in [1.82, 2.24) is 0 Å². The summed E-state index contributed by atoms with van der Waals surface area (Å²) in [6.07, 6.45) is 34.8. The van der Waals surface area contributed by atoms with Gasteiger partial charge >= 0.3 is 11.9 Å². The maximum atomic E-state index is 13.1. The number of rotatable bonds is 49. The highest BCUT2D eigenvalue weighted by Gasteiger charge is 2.47. The molecule has 0 bridgehead atoms. The van der Waals surface area contributed by atoms with Crippen molar-refractivity contribution in [2.24, 2.45) is 0 Å². The number of aliphatic hydroxyl groups is 7. The Balaban J connectivity index is 1.73. The Labute approximate surface area is 453 Å². The van der Waals surface area contributed by atoms with Crippen molar-refractivity contribution in [3.63, 3.8) is 0 Å². The molecule has 0 aromatic carbocycles. The number of esters is 2. The molecule has 2 heterocycles. The topological polar surface area (TPSA) is 231 Å². The molecule has 0 saturated carbocycles. The Hall–Kier alpha value is -2.02. The number of carbonyl (C=O) groups excluding carboxylic acids is 2. The summed E-state index contributed by atoms with van der Waals surface area (Å²) in [6, 6.07) is 0. The van der Waals surface area contributed by atoms with Gasteiger partial charge in [0.05, 0.1) is 19.8 Å². The van der Waals surface area contributed by atoms with Crippen molar-refractivity contribution < 1.29 is 73.8 Å². The molecule has 4 unspecified atom stereocenters. The first-order valence-electron chi connectivity index (χ1n) is 30.4. The quantitative estimate of drug-likeness (QED) is 0.0171. The summed E-state index contributed by atoms with van der Waals surface area (Å²) >= 11 is 0. The number of hydrogen-bond donors (Lipinski definition) is 7. The van der Waals surface area contributed by atoms with E-state index in [9.17, 15) is 45.3 Å². The molecule has 0 spiro atoms. The third-order valence-corrected chi connectivity index (χ3v) is 14.7. The molecule has 0 radical (unpaired) electrons. The summed E-state index contributed by atoms with van der Waals surface area (Å²) < 4.78 is 33.7. The molecule has 0 amide bonds. The van der Waals surface area contributed by atoms with Crippen molar-refractivity contribution >= 4 is 11.9 Å². The Bertz CT molecular complexity index is 1400. The number of ether oxygens (including phenoxy) is 6. The lowest BCUT2D eigenvalue weighted by atomic mass is 9.98. The van der Waals surface area contributed by atoms with E-state index in [1.165, 1.54) is 161 Å². The smallest absolute Gasteiger partial charge is 0.306 e. The molecule has 0 aromatic rings. The highest BCUT2D eigenvalue weighted by atomic mass is 16.7. The third kappa shape index (κ3) is 33.9. The van der Waals surface area contributed by atoms with Crippen LogP contribution in [0.2, 0.25) is 0 Å². The number of unbranched alkanes of at least 4 members (excludes halogenated alkanes) is 31. The molecule has 7 N–H and O–H groups in total. The average Bonchev–Trinajstić information content (AvgIpc) is 3.40. The zero-order valence-corrected chi connectivity index (χ0v) is 47.0. The van der Waals surface area contributed by atoms with Crippen molar-refractivity contribution in [3.8, 4) is 0 Å². The van der Waals surface area contributed by atoms with Crippen LogP contribution in [0.5, 0.6) is 0 Å². The van der Waals surface area contributed by atoms with E-state index in [4.69, 9.17) is 28.4 Å². The van der Waals surface area contributed by atoms with Gasteiger partial charge in [0.15, 0.2) is 18.7 Å². The minimum absolute atomic E-state index is 0.170. The zero-order valence-electron chi connectivity index (χ0n) is 47.0. The molecule has 440 valence electrons. The van der Waals surface area contributed by atoms with Gasteiger partial charge < -0.3 is 64.2 Å². The first kappa shape index (κ1) is 69.1. The predicted octanol–water partition coefficient (Wildman–Crippen LogP) is 10.7. The second-order valence-corrected chi connectivity index (χ2v) is 21.5. The van der Waals surface area contributed by atoms with Crippen LogP contribution in [0.1, 0.15) is 251 Å². The first-order chi connectivity index (χ1) is 36.5. The lowest BCUT2D eigenvalue weighted by Crippen LogP contribution is -2.61. The van der Waals surface area contributed by atoms with E-state index in [2.05, 4.69) is 38.2 Å². The molecule has 15 heteroatoms. The molecular formula is C60H110O15. The van der Waals surface area contributed by atoms with Crippen LogP contribution in [0.15, 0.2) is 24.3 Å². The Morgan fingerprint density at radius 3 is 1.27 bits per heavy atom. The number of hydrogen-bond acceptors (Lipinski definition) is 15. The summed E-state index contributed by atoms with van der Waals surface area (Å²) in [5, 5.41) is 72.3. The van der Waals surface area contributed by atoms with Crippen molar-refractivity contribution in [3.05, 3.63) is 24.3 Å². The summed E-state index contributed by atoms with van der Waals surface area (Å²) in [4.78, 5) is 25.9. The molecule has 2 rings (SSSR count). The van der Waals surface area contributed by atoms with Gasteiger partial charge in [0.25, 0.3) is 0 Å². The van der Waals surface area contributed by atoms with E-state index in [0.717, 1.165) is 51.4 Å². The molecule has 2 saturated heterocycles. The average molecular weight is 1070 g/mol. The Kier molecular flexibility index (Phi) is 43.2. The fraction of sp³-hybridized carbons (Fsp3) is 0.900. The van der Waals surface area contributed by atoms with Gasteiger partial charge in [-0.2, -0.15) is 0 Å². The van der Waals surface area contributed by atoms with Crippen LogP contribution in [0.4, 0.5) is 0 Å². The summed E-state index contributed by atoms with van der Waals surface area (Å²) in [6.45, 7) is 2.62. The van der Waals surface area contributed by atoms with Gasteiger partial charge in [-0.05, 0) is 44.9 Å². The second-order valence-electron chi connectivity index (χ2n) is 21.5. The third-order valence-electron chi connectivity index (χ3n) is 14.7. The van der Waals surface area contributed by atoms with Gasteiger partial charge in [0.2, 0.25) is 0 Å². The van der Waals surface area contributed by atoms with Crippen LogP contribution in [0.3, 0.4) is 0 Å². The largest absolute Gasteiger partial charge is 0.462 e. The van der Waals surface area contributed by atoms with E-state index in [1.54, 1.807) is 0 Å². The standard InChI is InChI=1S/C60H110O15/c1-3-5-7-9-11-13-15-17-19-21-23-25-27-29-31-33-35-37-39-41-43-52(63)73-48(45-70-51(62)42-40-38-36-34-32-30-28-26-24-22-20-18-16-14-12-10-8-6-4-2)46-71-59-58(69)56(67)54(65)50(75-59)47-72-60-57(68)55(66)53(64)49(44-61)74-60/h12,14,18,20,48-50,53-61,64-69H,3-11,13,15-17,19,21-47H2,1-2H3/b14-12+,20-18+/t48-,49+,50+,53-,54-,55?,56?,57?,58?,59+,60+/m1/s1. The van der Waals surface area contributed by atoms with Crippen LogP contribution in [-0.4, -0.2) is 142 Å². The van der Waals surface area contributed by atoms with Crippen molar-refractivity contribution in [1.29, 1.82) is 0 Å². The molecule has 2 fully saturated rings. The first-order valence-corrected chi connectivity index (χ1v) is 30.4. The Morgan fingerprint density at radius 1 is 0.427 bits per heavy atom. The monoisotopic (exact) mass is 1070 g/mol. The van der Waals surface area contributed by atoms with Gasteiger partial charge in [-0.1, -0.05) is 218 Å². The molecule has 15 nitrogen and oxygen atoms in total. The minimum atomic E-state index is -1.76. The van der Waals surface area contributed by atoms with E-state index < -0.39 is 92.7 Å². The number of aliphatic hydroxyl groups excluding tert-OH is 7.